The van der Waals surface area contributed by atoms with Gasteiger partial charge in [0.05, 0.1) is 13.2 Å². The molecular weight excluding hydrogens is 268 g/mol. The van der Waals surface area contributed by atoms with Crippen molar-refractivity contribution in [2.24, 2.45) is 0 Å². The van der Waals surface area contributed by atoms with Gasteiger partial charge in [-0.1, -0.05) is 24.3 Å². The fraction of sp³-hybridized carbons (Fsp3) is 0.357. The Morgan fingerprint density at radius 3 is 2.45 bits per heavy atom. The van der Waals surface area contributed by atoms with Gasteiger partial charge < -0.3 is 10.2 Å². The number of aliphatic hydroxyl groups is 1. The fourth-order valence-electron chi connectivity index (χ4n) is 1.73. The van der Waals surface area contributed by atoms with Gasteiger partial charge in [-0.3, -0.25) is 4.90 Å². The molecule has 20 heavy (non-hydrogen) atoms. The van der Waals surface area contributed by atoms with E-state index >= 15 is 0 Å². The van der Waals surface area contributed by atoms with Crippen LogP contribution in [-0.2, 0) is 11.3 Å². The van der Waals surface area contributed by atoms with Crippen molar-refractivity contribution in [3.63, 3.8) is 0 Å². The Bertz CT molecular complexity index is 446. The summed E-state index contributed by atoms with van der Waals surface area (Å²) in [5.41, 5.74) is 1.55. The molecule has 0 aliphatic carbocycles. The number of nitrogens with zero attached hydrogens (tertiary/aromatic N) is 1. The van der Waals surface area contributed by atoms with Crippen molar-refractivity contribution in [2.75, 3.05) is 19.7 Å². The average molecular weight is 285 g/mol. The van der Waals surface area contributed by atoms with E-state index in [-0.39, 0.29) is 19.7 Å². The molecule has 0 fully saturated rings. The zero-order chi connectivity index (χ0) is 15.0. The normalized spacial score (nSPS) is 11.7. The van der Waals surface area contributed by atoms with E-state index in [0.717, 1.165) is 17.2 Å². The number of benzene rings is 1. The van der Waals surface area contributed by atoms with Crippen LogP contribution in [0.1, 0.15) is 11.1 Å². The van der Waals surface area contributed by atoms with E-state index in [2.05, 4.69) is 0 Å². The van der Waals surface area contributed by atoms with Gasteiger partial charge >= 0.3 is 5.97 Å². The third-order valence-corrected chi connectivity index (χ3v) is 2.62. The zero-order valence-electron chi connectivity index (χ0n) is 10.9. The molecule has 2 N–H and O–H groups in total. The first-order valence-corrected chi connectivity index (χ1v) is 6.12. The van der Waals surface area contributed by atoms with Gasteiger partial charge in [-0.2, -0.15) is 0 Å². The fourth-order valence-corrected chi connectivity index (χ4v) is 1.73. The zero-order valence-corrected chi connectivity index (χ0v) is 10.9. The molecule has 0 saturated heterocycles. The van der Waals surface area contributed by atoms with E-state index in [1.165, 1.54) is 11.0 Å². The molecule has 0 aromatic heterocycles. The number of carbonyl (C=O) groups is 1. The molecule has 0 saturated carbocycles. The minimum atomic E-state index is -2.45. The first-order valence-electron chi connectivity index (χ1n) is 6.12. The van der Waals surface area contributed by atoms with Crippen LogP contribution in [0.2, 0.25) is 0 Å². The Morgan fingerprint density at radius 2 is 1.95 bits per heavy atom. The monoisotopic (exact) mass is 285 g/mol. The van der Waals surface area contributed by atoms with E-state index in [4.69, 9.17) is 10.2 Å². The molecule has 0 spiro atoms. The molecule has 0 amide bonds. The number of hydrogen-bond acceptors (Lipinski definition) is 3. The highest BCUT2D eigenvalue weighted by molar-refractivity contribution is 5.85. The van der Waals surface area contributed by atoms with Crippen LogP contribution in [0.5, 0.6) is 0 Å². The highest BCUT2D eigenvalue weighted by Crippen LogP contribution is 2.10. The molecule has 0 atom stereocenters. The minimum absolute atomic E-state index is 0.174. The number of carboxylic acids is 1. The highest BCUT2D eigenvalue weighted by Gasteiger charge is 2.11. The second-order valence-corrected chi connectivity index (χ2v) is 4.26. The van der Waals surface area contributed by atoms with Gasteiger partial charge in [0.1, 0.15) is 0 Å². The molecule has 0 aliphatic rings. The van der Waals surface area contributed by atoms with Gasteiger partial charge in [0.25, 0.3) is 6.43 Å². The number of hydrogen-bond donors (Lipinski definition) is 2. The molecule has 1 rings (SSSR count). The molecule has 6 heteroatoms. The third-order valence-electron chi connectivity index (χ3n) is 2.62. The van der Waals surface area contributed by atoms with Gasteiger partial charge in [-0.25, -0.2) is 13.6 Å². The molecule has 0 unspecified atom stereocenters. The van der Waals surface area contributed by atoms with Crippen LogP contribution in [0, 0.1) is 0 Å². The van der Waals surface area contributed by atoms with Crippen LogP contribution in [0.3, 0.4) is 0 Å². The third kappa shape index (κ3) is 6.40. The van der Waals surface area contributed by atoms with Gasteiger partial charge in [-0.15, -0.1) is 0 Å². The molecule has 0 bridgehead atoms. The lowest BCUT2D eigenvalue weighted by atomic mass is 10.1. The largest absolute Gasteiger partial charge is 0.478 e. The van der Waals surface area contributed by atoms with Gasteiger partial charge in [0, 0.05) is 19.2 Å². The SMILES string of the molecule is O=C(O)/C=C/c1ccc(CN(CCO)CC(F)F)cc1. The minimum Gasteiger partial charge on any atom is -0.478 e. The second kappa shape index (κ2) is 8.39. The second-order valence-electron chi connectivity index (χ2n) is 4.26. The van der Waals surface area contributed by atoms with E-state index in [9.17, 15) is 13.6 Å². The van der Waals surface area contributed by atoms with E-state index in [0.29, 0.717) is 6.54 Å². The lowest BCUT2D eigenvalue weighted by Gasteiger charge is -2.20. The van der Waals surface area contributed by atoms with E-state index in [1.807, 2.05) is 0 Å². The smallest absolute Gasteiger partial charge is 0.328 e. The summed E-state index contributed by atoms with van der Waals surface area (Å²) in [4.78, 5) is 11.8. The number of alkyl halides is 2. The summed E-state index contributed by atoms with van der Waals surface area (Å²) in [6.45, 7) is -0.0633. The molecule has 0 heterocycles. The molecule has 0 radical (unpaired) electrons. The summed E-state index contributed by atoms with van der Waals surface area (Å²) in [5, 5.41) is 17.3. The van der Waals surface area contributed by atoms with Gasteiger partial charge in [-0.05, 0) is 17.2 Å². The number of halogens is 2. The van der Waals surface area contributed by atoms with E-state index in [1.54, 1.807) is 24.3 Å². The van der Waals surface area contributed by atoms with E-state index < -0.39 is 12.4 Å². The van der Waals surface area contributed by atoms with Crippen molar-refractivity contribution in [1.29, 1.82) is 0 Å². The van der Waals surface area contributed by atoms with Crippen molar-refractivity contribution in [1.82, 2.24) is 4.90 Å². The maximum atomic E-state index is 12.4. The van der Waals surface area contributed by atoms with Crippen LogP contribution in [0.4, 0.5) is 8.78 Å². The molecule has 4 nitrogen and oxygen atoms in total. The Labute approximate surface area is 116 Å². The Kier molecular flexibility index (Phi) is 6.83. The number of aliphatic carboxylic acids is 1. The summed E-state index contributed by atoms with van der Waals surface area (Å²) in [5.74, 6) is -1.03. The van der Waals surface area contributed by atoms with Crippen molar-refractivity contribution in [3.8, 4) is 0 Å². The van der Waals surface area contributed by atoms with Crippen LogP contribution < -0.4 is 0 Å². The van der Waals surface area contributed by atoms with Crippen LogP contribution in [-0.4, -0.2) is 47.2 Å². The predicted octanol–water partition coefficient (Wildman–Crippen LogP) is 1.84. The summed E-state index contributed by atoms with van der Waals surface area (Å²) >= 11 is 0. The molecule has 1 aromatic rings. The summed E-state index contributed by atoms with van der Waals surface area (Å²) in [6, 6.07) is 6.93. The lowest BCUT2D eigenvalue weighted by Crippen LogP contribution is -2.31. The quantitative estimate of drug-likeness (QED) is 0.716. The van der Waals surface area contributed by atoms with Gasteiger partial charge in [0.15, 0.2) is 0 Å². The van der Waals surface area contributed by atoms with Crippen molar-refractivity contribution in [3.05, 3.63) is 41.5 Å². The van der Waals surface area contributed by atoms with Gasteiger partial charge in [0.2, 0.25) is 0 Å². The lowest BCUT2D eigenvalue weighted by molar-refractivity contribution is -0.131. The number of aliphatic hydroxyl groups excluding tert-OH is 1. The van der Waals surface area contributed by atoms with Crippen molar-refractivity contribution >= 4 is 12.0 Å². The summed E-state index contributed by atoms with van der Waals surface area (Å²) in [6.07, 6.45) is 0.0417. The van der Waals surface area contributed by atoms with Crippen LogP contribution >= 0.6 is 0 Å². The first kappa shape index (κ1) is 16.3. The Balaban J connectivity index is 2.64. The summed E-state index contributed by atoms with van der Waals surface area (Å²) in [7, 11) is 0. The molecule has 110 valence electrons. The average Bonchev–Trinajstić information content (AvgIpc) is 2.37. The predicted molar refractivity (Wildman–Crippen MR) is 71.5 cm³/mol. The highest BCUT2D eigenvalue weighted by atomic mass is 19.3. The summed E-state index contributed by atoms with van der Waals surface area (Å²) < 4.78 is 24.7. The Morgan fingerprint density at radius 1 is 1.30 bits per heavy atom. The maximum Gasteiger partial charge on any atom is 0.328 e. The Hall–Kier alpha value is -1.79. The molecule has 0 aliphatic heterocycles. The van der Waals surface area contributed by atoms with Crippen molar-refractivity contribution < 1.29 is 23.8 Å². The van der Waals surface area contributed by atoms with Crippen LogP contribution in [0.25, 0.3) is 6.08 Å². The molecule has 1 aromatic carbocycles. The standard InChI is InChI=1S/C14H17F2NO3/c15-13(16)10-17(7-8-18)9-12-3-1-11(2-4-12)5-6-14(19)20/h1-6,13,18H,7-10H2,(H,19,20)/b6-5+. The molecular formula is C14H17F2NO3. The van der Waals surface area contributed by atoms with Crippen molar-refractivity contribution in [2.45, 2.75) is 13.0 Å². The van der Waals surface area contributed by atoms with Crippen LogP contribution in [0.15, 0.2) is 30.3 Å². The first-order chi connectivity index (χ1) is 9.51. The maximum absolute atomic E-state index is 12.4. The number of rotatable bonds is 8. The topological polar surface area (TPSA) is 60.8 Å². The number of carboxylic acid groups (broad SMARTS) is 1.